The molecule has 3 N–H and O–H groups in total. The van der Waals surface area contributed by atoms with E-state index in [1.165, 1.54) is 4.90 Å². The molecule has 0 bridgehead atoms. The summed E-state index contributed by atoms with van der Waals surface area (Å²) >= 11 is 1.12. The van der Waals surface area contributed by atoms with Crippen molar-refractivity contribution in [2.75, 3.05) is 10.7 Å². The first-order valence-electron chi connectivity index (χ1n) is 6.86. The fourth-order valence-electron chi connectivity index (χ4n) is 2.26. The smallest absolute Gasteiger partial charge is 0.321 e. The summed E-state index contributed by atoms with van der Waals surface area (Å²) in [5, 5.41) is 8.20. The largest absolute Gasteiger partial charge is 0.480 e. The lowest BCUT2D eigenvalue weighted by Gasteiger charge is -2.18. The first kappa shape index (κ1) is 16.5. The van der Waals surface area contributed by atoms with Gasteiger partial charge in [0.05, 0.1) is 10.9 Å². The number of benzene rings is 1. The Kier molecular flexibility index (Phi) is 4.87. The number of thioether (sulfide) groups is 1. The molecule has 7 heteroatoms. The van der Waals surface area contributed by atoms with Gasteiger partial charge in [0.1, 0.15) is 6.04 Å². The van der Waals surface area contributed by atoms with Crippen molar-refractivity contribution in [3.05, 3.63) is 29.3 Å². The fourth-order valence-corrected chi connectivity index (χ4v) is 3.35. The molecule has 118 valence electrons. The van der Waals surface area contributed by atoms with Crippen LogP contribution in [0.5, 0.6) is 0 Å². The second kappa shape index (κ2) is 6.50. The van der Waals surface area contributed by atoms with Gasteiger partial charge >= 0.3 is 5.97 Å². The van der Waals surface area contributed by atoms with Gasteiger partial charge in [-0.05, 0) is 31.0 Å². The molecule has 2 amide bonds. The molecule has 0 radical (unpaired) electrons. The Balaban J connectivity index is 2.15. The van der Waals surface area contributed by atoms with Gasteiger partial charge in [-0.3, -0.25) is 14.4 Å². The summed E-state index contributed by atoms with van der Waals surface area (Å²) in [7, 11) is 0. The molecule has 0 unspecified atom stereocenters. The van der Waals surface area contributed by atoms with E-state index < -0.39 is 17.3 Å². The maximum absolute atomic E-state index is 12.5. The van der Waals surface area contributed by atoms with E-state index in [9.17, 15) is 14.4 Å². The third kappa shape index (κ3) is 3.15. The van der Waals surface area contributed by atoms with Crippen molar-refractivity contribution in [2.45, 2.75) is 31.6 Å². The van der Waals surface area contributed by atoms with Crippen molar-refractivity contribution in [3.8, 4) is 0 Å². The topological polar surface area (TPSA) is 101 Å². The minimum absolute atomic E-state index is 0.0726. The van der Waals surface area contributed by atoms with E-state index >= 15 is 0 Å². The lowest BCUT2D eigenvalue weighted by molar-refractivity contribution is -0.138. The fraction of sp³-hybridized carbons (Fsp3) is 0.400. The normalized spacial score (nSPS) is 19.6. The summed E-state index contributed by atoms with van der Waals surface area (Å²) in [5.41, 5.74) is 7.92. The number of nitrogens with two attached hydrogens (primary N) is 1. The zero-order valence-electron chi connectivity index (χ0n) is 12.4. The van der Waals surface area contributed by atoms with E-state index in [1.807, 2.05) is 19.9 Å². The Morgan fingerprint density at radius 2 is 2.14 bits per heavy atom. The van der Waals surface area contributed by atoms with E-state index in [2.05, 4.69) is 0 Å². The SMILES string of the molecule is Cc1cccc(N2C(=O)C[C@@H](SC[C@@H](N)C(=O)O)C2=O)c1C. The summed E-state index contributed by atoms with van der Waals surface area (Å²) in [5.74, 6) is -1.59. The highest BCUT2D eigenvalue weighted by atomic mass is 32.2. The van der Waals surface area contributed by atoms with E-state index in [4.69, 9.17) is 10.8 Å². The highest BCUT2D eigenvalue weighted by Gasteiger charge is 2.40. The minimum atomic E-state index is -1.12. The highest BCUT2D eigenvalue weighted by Crippen LogP contribution is 2.32. The van der Waals surface area contributed by atoms with Crippen molar-refractivity contribution in [3.63, 3.8) is 0 Å². The van der Waals surface area contributed by atoms with Gasteiger partial charge in [0, 0.05) is 12.2 Å². The van der Waals surface area contributed by atoms with Crippen molar-refractivity contribution < 1.29 is 19.5 Å². The van der Waals surface area contributed by atoms with Crippen LogP contribution in [0.25, 0.3) is 0 Å². The summed E-state index contributed by atoms with van der Waals surface area (Å²) in [6.45, 7) is 3.79. The van der Waals surface area contributed by atoms with Gasteiger partial charge in [-0.2, -0.15) is 0 Å². The summed E-state index contributed by atoms with van der Waals surface area (Å²) in [6.07, 6.45) is 0.0726. The molecule has 1 aromatic carbocycles. The third-order valence-corrected chi connectivity index (χ3v) is 5.04. The van der Waals surface area contributed by atoms with Gasteiger partial charge in [-0.15, -0.1) is 11.8 Å². The molecule has 1 saturated heterocycles. The number of carbonyl (C=O) groups excluding carboxylic acids is 2. The highest BCUT2D eigenvalue weighted by molar-refractivity contribution is 8.00. The number of amides is 2. The van der Waals surface area contributed by atoms with E-state index in [-0.39, 0.29) is 24.0 Å². The molecule has 2 rings (SSSR count). The summed E-state index contributed by atoms with van der Waals surface area (Å²) in [6, 6.07) is 4.43. The molecule has 0 saturated carbocycles. The Bertz CT molecular complexity index is 632. The summed E-state index contributed by atoms with van der Waals surface area (Å²) in [4.78, 5) is 36.6. The van der Waals surface area contributed by atoms with Crippen LogP contribution in [-0.2, 0) is 14.4 Å². The maximum Gasteiger partial charge on any atom is 0.321 e. The predicted octanol–water partition coefficient (Wildman–Crippen LogP) is 1.08. The van der Waals surface area contributed by atoms with Crippen LogP contribution in [-0.4, -0.2) is 39.9 Å². The Labute approximate surface area is 132 Å². The zero-order valence-corrected chi connectivity index (χ0v) is 13.2. The summed E-state index contributed by atoms with van der Waals surface area (Å²) < 4.78 is 0. The molecule has 2 atom stereocenters. The first-order valence-corrected chi connectivity index (χ1v) is 7.90. The average molecular weight is 322 g/mol. The van der Waals surface area contributed by atoms with Crippen LogP contribution < -0.4 is 10.6 Å². The monoisotopic (exact) mass is 322 g/mol. The second-order valence-corrected chi connectivity index (χ2v) is 6.49. The number of anilines is 1. The predicted molar refractivity (Wildman–Crippen MR) is 84.9 cm³/mol. The molecular weight excluding hydrogens is 304 g/mol. The first-order chi connectivity index (χ1) is 10.3. The Morgan fingerprint density at radius 1 is 1.45 bits per heavy atom. The van der Waals surface area contributed by atoms with E-state index in [0.29, 0.717) is 5.69 Å². The number of aryl methyl sites for hydroxylation is 1. The Morgan fingerprint density at radius 3 is 2.77 bits per heavy atom. The van der Waals surface area contributed by atoms with Gasteiger partial charge in [-0.1, -0.05) is 12.1 Å². The van der Waals surface area contributed by atoms with Gasteiger partial charge < -0.3 is 10.8 Å². The zero-order chi connectivity index (χ0) is 16.4. The molecule has 1 aliphatic rings. The number of aliphatic carboxylic acids is 1. The van der Waals surface area contributed by atoms with Gasteiger partial charge in [0.15, 0.2) is 0 Å². The minimum Gasteiger partial charge on any atom is -0.480 e. The van der Waals surface area contributed by atoms with Gasteiger partial charge in [-0.25, -0.2) is 4.90 Å². The van der Waals surface area contributed by atoms with Crippen molar-refractivity contribution in [1.29, 1.82) is 0 Å². The van der Waals surface area contributed by atoms with E-state index in [0.717, 1.165) is 22.9 Å². The molecule has 6 nitrogen and oxygen atoms in total. The molecular formula is C15H18N2O4S. The quantitative estimate of drug-likeness (QED) is 0.787. The van der Waals surface area contributed by atoms with Crippen LogP contribution >= 0.6 is 11.8 Å². The van der Waals surface area contributed by atoms with Crippen molar-refractivity contribution >= 4 is 35.2 Å². The van der Waals surface area contributed by atoms with Crippen LogP contribution in [0, 0.1) is 13.8 Å². The third-order valence-electron chi connectivity index (χ3n) is 3.72. The number of rotatable bonds is 5. The maximum atomic E-state index is 12.5. The van der Waals surface area contributed by atoms with Crippen molar-refractivity contribution in [1.82, 2.24) is 0 Å². The van der Waals surface area contributed by atoms with Gasteiger partial charge in [0.2, 0.25) is 11.8 Å². The molecule has 1 aliphatic heterocycles. The van der Waals surface area contributed by atoms with Gasteiger partial charge in [0.25, 0.3) is 0 Å². The number of carboxylic acid groups (broad SMARTS) is 1. The number of nitrogens with zero attached hydrogens (tertiary/aromatic N) is 1. The van der Waals surface area contributed by atoms with E-state index in [1.54, 1.807) is 12.1 Å². The number of hydrogen-bond donors (Lipinski definition) is 2. The average Bonchev–Trinajstić information content (AvgIpc) is 2.74. The number of carboxylic acids is 1. The van der Waals surface area contributed by atoms with Crippen LogP contribution in [0.3, 0.4) is 0 Å². The molecule has 1 fully saturated rings. The second-order valence-electron chi connectivity index (χ2n) is 5.26. The van der Waals surface area contributed by atoms with Crippen LogP contribution in [0.1, 0.15) is 17.5 Å². The number of imide groups is 1. The van der Waals surface area contributed by atoms with Crippen LogP contribution in [0.15, 0.2) is 18.2 Å². The van der Waals surface area contributed by atoms with Crippen LogP contribution in [0.4, 0.5) is 5.69 Å². The molecule has 0 aromatic heterocycles. The molecule has 1 heterocycles. The molecule has 22 heavy (non-hydrogen) atoms. The number of hydrogen-bond acceptors (Lipinski definition) is 5. The van der Waals surface area contributed by atoms with Crippen LogP contribution in [0.2, 0.25) is 0 Å². The molecule has 0 spiro atoms. The molecule has 0 aliphatic carbocycles. The van der Waals surface area contributed by atoms with Crippen molar-refractivity contribution in [2.24, 2.45) is 5.73 Å². The lowest BCUT2D eigenvalue weighted by atomic mass is 10.1. The standard InChI is InChI=1S/C15H18N2O4S/c1-8-4-3-5-11(9(8)2)17-13(18)6-12(14(17)19)22-7-10(16)15(20)21/h3-5,10,12H,6-7,16H2,1-2H3,(H,20,21)/t10-,12-/m1/s1. The number of carbonyl (C=O) groups is 3. The Hall–Kier alpha value is -1.86. The lowest BCUT2D eigenvalue weighted by Crippen LogP contribution is -2.35. The molecule has 1 aromatic rings.